The second-order valence-corrected chi connectivity index (χ2v) is 5.21. The lowest BCUT2D eigenvalue weighted by Gasteiger charge is -2.12. The summed E-state index contributed by atoms with van der Waals surface area (Å²) in [7, 11) is 0. The Hall–Kier alpha value is -1.38. The van der Waals surface area contributed by atoms with Crippen LogP contribution in [0.1, 0.15) is 38.2 Å². The molecule has 0 aliphatic heterocycles. The molecule has 3 heteroatoms. The minimum absolute atomic E-state index is 0.163. The minimum Gasteiger partial charge on any atom is -0.387 e. The van der Waals surface area contributed by atoms with Gasteiger partial charge in [-0.15, -0.1) is 0 Å². The molecule has 0 saturated heterocycles. The highest BCUT2D eigenvalue weighted by Crippen LogP contribution is 2.25. The van der Waals surface area contributed by atoms with Crippen LogP contribution in [0.5, 0.6) is 0 Å². The van der Waals surface area contributed by atoms with Crippen LogP contribution < -0.4 is 5.73 Å². The third-order valence-electron chi connectivity index (χ3n) is 3.59. The molecule has 0 aromatic heterocycles. The maximum Gasteiger partial charge on any atom is 0.123 e. The minimum atomic E-state index is -0.194. The molecule has 0 amide bonds. The normalized spacial score (nSPS) is 19.1. The summed E-state index contributed by atoms with van der Waals surface area (Å²) < 4.78 is 12.8. The molecule has 0 bridgehead atoms. The highest BCUT2D eigenvalue weighted by atomic mass is 19.1. The molecule has 0 heterocycles. The van der Waals surface area contributed by atoms with Crippen LogP contribution in [0.4, 0.5) is 4.39 Å². The Bertz CT molecular complexity index is 405. The predicted molar refractivity (Wildman–Crippen MR) is 73.1 cm³/mol. The van der Waals surface area contributed by atoms with Crippen molar-refractivity contribution in [1.29, 1.82) is 0 Å². The van der Waals surface area contributed by atoms with Crippen LogP contribution in [-0.4, -0.2) is 11.9 Å². The first kappa shape index (κ1) is 13.1. The zero-order valence-electron chi connectivity index (χ0n) is 10.9. The fourth-order valence-corrected chi connectivity index (χ4v) is 2.59. The highest BCUT2D eigenvalue weighted by Gasteiger charge is 2.19. The molecule has 1 atom stereocenters. The Labute approximate surface area is 108 Å². The van der Waals surface area contributed by atoms with E-state index >= 15 is 0 Å². The van der Waals surface area contributed by atoms with E-state index in [1.54, 1.807) is 0 Å². The van der Waals surface area contributed by atoms with E-state index in [2.05, 4.69) is 11.9 Å². The molecule has 98 valence electrons. The molecule has 18 heavy (non-hydrogen) atoms. The predicted octanol–water partition coefficient (Wildman–Crippen LogP) is 3.30. The highest BCUT2D eigenvalue weighted by molar-refractivity contribution is 5.83. The van der Waals surface area contributed by atoms with Crippen molar-refractivity contribution < 1.29 is 4.39 Å². The van der Waals surface area contributed by atoms with E-state index in [0.717, 1.165) is 17.8 Å². The summed E-state index contributed by atoms with van der Waals surface area (Å²) in [6.07, 6.45) is 5.71. The van der Waals surface area contributed by atoms with E-state index in [4.69, 9.17) is 5.73 Å². The molecule has 1 saturated carbocycles. The maximum atomic E-state index is 12.8. The Morgan fingerprint density at radius 3 is 2.56 bits per heavy atom. The van der Waals surface area contributed by atoms with E-state index < -0.39 is 0 Å². The number of amidine groups is 1. The summed E-state index contributed by atoms with van der Waals surface area (Å²) in [6, 6.07) is 6.77. The van der Waals surface area contributed by atoms with E-state index in [1.165, 1.54) is 37.8 Å². The molecule has 0 radical (unpaired) electrons. The largest absolute Gasteiger partial charge is 0.387 e. The topological polar surface area (TPSA) is 38.4 Å². The van der Waals surface area contributed by atoms with E-state index in [9.17, 15) is 4.39 Å². The number of halogens is 1. The second kappa shape index (κ2) is 5.98. The van der Waals surface area contributed by atoms with Crippen LogP contribution >= 0.6 is 0 Å². The molecule has 1 unspecified atom stereocenters. The van der Waals surface area contributed by atoms with Gasteiger partial charge in [0.2, 0.25) is 0 Å². The zero-order chi connectivity index (χ0) is 13.0. The van der Waals surface area contributed by atoms with Gasteiger partial charge in [-0.2, -0.15) is 0 Å². The van der Waals surface area contributed by atoms with Crippen molar-refractivity contribution in [2.75, 3.05) is 0 Å². The summed E-state index contributed by atoms with van der Waals surface area (Å²) in [5, 5.41) is 0. The average molecular weight is 248 g/mol. The quantitative estimate of drug-likeness (QED) is 0.644. The first-order valence-electron chi connectivity index (χ1n) is 6.73. The number of nitrogens with two attached hydrogens (primary N) is 1. The molecular formula is C15H21FN2. The monoisotopic (exact) mass is 248 g/mol. The second-order valence-electron chi connectivity index (χ2n) is 5.21. The number of benzene rings is 1. The average Bonchev–Trinajstić information content (AvgIpc) is 2.85. The molecule has 2 N–H and O–H groups in total. The molecule has 1 aromatic rings. The van der Waals surface area contributed by atoms with Gasteiger partial charge in [0, 0.05) is 5.92 Å². The van der Waals surface area contributed by atoms with Gasteiger partial charge in [-0.3, -0.25) is 4.99 Å². The molecule has 1 fully saturated rings. The van der Waals surface area contributed by atoms with Gasteiger partial charge < -0.3 is 5.73 Å². The molecule has 1 aliphatic rings. The molecule has 0 spiro atoms. The van der Waals surface area contributed by atoms with Crippen molar-refractivity contribution in [3.8, 4) is 0 Å². The van der Waals surface area contributed by atoms with Crippen molar-refractivity contribution in [2.45, 2.75) is 45.1 Å². The van der Waals surface area contributed by atoms with Crippen LogP contribution in [0.2, 0.25) is 0 Å². The van der Waals surface area contributed by atoms with Gasteiger partial charge in [-0.05, 0) is 43.9 Å². The van der Waals surface area contributed by atoms with Gasteiger partial charge in [-0.1, -0.05) is 25.0 Å². The lowest BCUT2D eigenvalue weighted by Crippen LogP contribution is -2.24. The lowest BCUT2D eigenvalue weighted by atomic mass is 10.1. The standard InChI is InChI=1S/C15H21FN2/c1-11(10-12-6-8-14(16)9-7-12)18-15(17)13-4-2-3-5-13/h6-9,11,13H,2-5,10H2,1H3,(H2,17,18). The van der Waals surface area contributed by atoms with Gasteiger partial charge in [0.05, 0.1) is 11.9 Å². The first-order chi connectivity index (χ1) is 8.65. The van der Waals surface area contributed by atoms with Crippen LogP contribution in [0, 0.1) is 11.7 Å². The Morgan fingerprint density at radius 2 is 1.94 bits per heavy atom. The number of rotatable bonds is 4. The van der Waals surface area contributed by atoms with Crippen LogP contribution in [0.25, 0.3) is 0 Å². The fraction of sp³-hybridized carbons (Fsp3) is 0.533. The Balaban J connectivity index is 1.92. The summed E-state index contributed by atoms with van der Waals surface area (Å²) in [4.78, 5) is 4.58. The molecule has 2 rings (SSSR count). The Kier molecular flexibility index (Phi) is 4.34. The summed E-state index contributed by atoms with van der Waals surface area (Å²) >= 11 is 0. The van der Waals surface area contributed by atoms with E-state index in [0.29, 0.717) is 5.92 Å². The van der Waals surface area contributed by atoms with Crippen molar-refractivity contribution in [2.24, 2.45) is 16.6 Å². The summed E-state index contributed by atoms with van der Waals surface area (Å²) in [6.45, 7) is 2.06. The maximum absolute atomic E-state index is 12.8. The number of hydrogen-bond acceptors (Lipinski definition) is 1. The lowest BCUT2D eigenvalue weighted by molar-refractivity contribution is 0.625. The first-order valence-corrected chi connectivity index (χ1v) is 6.73. The van der Waals surface area contributed by atoms with Crippen molar-refractivity contribution in [3.05, 3.63) is 35.6 Å². The van der Waals surface area contributed by atoms with Crippen molar-refractivity contribution >= 4 is 5.84 Å². The number of aliphatic imine (C=N–C) groups is 1. The van der Waals surface area contributed by atoms with Gasteiger partial charge in [0.15, 0.2) is 0 Å². The zero-order valence-corrected chi connectivity index (χ0v) is 10.9. The number of hydrogen-bond donors (Lipinski definition) is 1. The van der Waals surface area contributed by atoms with Crippen LogP contribution in [0.3, 0.4) is 0 Å². The fourth-order valence-electron chi connectivity index (χ4n) is 2.59. The van der Waals surface area contributed by atoms with Crippen molar-refractivity contribution in [3.63, 3.8) is 0 Å². The van der Waals surface area contributed by atoms with Gasteiger partial charge in [0.25, 0.3) is 0 Å². The van der Waals surface area contributed by atoms with E-state index in [-0.39, 0.29) is 11.9 Å². The third kappa shape index (κ3) is 3.56. The summed E-state index contributed by atoms with van der Waals surface area (Å²) in [5.41, 5.74) is 7.15. The van der Waals surface area contributed by atoms with Gasteiger partial charge in [-0.25, -0.2) is 4.39 Å². The van der Waals surface area contributed by atoms with Crippen LogP contribution in [-0.2, 0) is 6.42 Å². The van der Waals surface area contributed by atoms with Gasteiger partial charge >= 0.3 is 0 Å². The molecule has 1 aromatic carbocycles. The SMILES string of the molecule is CC(Cc1ccc(F)cc1)N=C(N)C1CCCC1. The molecule has 2 nitrogen and oxygen atoms in total. The van der Waals surface area contributed by atoms with Crippen LogP contribution in [0.15, 0.2) is 29.3 Å². The van der Waals surface area contributed by atoms with Gasteiger partial charge in [0.1, 0.15) is 5.82 Å². The Morgan fingerprint density at radius 1 is 1.33 bits per heavy atom. The molecular weight excluding hydrogens is 227 g/mol. The number of nitrogens with zero attached hydrogens (tertiary/aromatic N) is 1. The van der Waals surface area contributed by atoms with E-state index in [1.807, 2.05) is 12.1 Å². The van der Waals surface area contributed by atoms with Crippen molar-refractivity contribution in [1.82, 2.24) is 0 Å². The third-order valence-corrected chi connectivity index (χ3v) is 3.59. The molecule has 1 aliphatic carbocycles. The smallest absolute Gasteiger partial charge is 0.123 e. The summed E-state index contributed by atoms with van der Waals surface area (Å²) in [5.74, 6) is 1.10.